The Morgan fingerprint density at radius 1 is 1.33 bits per heavy atom. The molecule has 4 heteroatoms. The van der Waals surface area contributed by atoms with E-state index in [2.05, 4.69) is 49.5 Å². The highest BCUT2D eigenvalue weighted by Crippen LogP contribution is 2.29. The third kappa shape index (κ3) is 3.27. The van der Waals surface area contributed by atoms with Crippen LogP contribution in [0.5, 0.6) is 0 Å². The zero-order valence-electron chi connectivity index (χ0n) is 12.6. The molecule has 0 saturated carbocycles. The number of hydrogen-bond donors (Lipinski definition) is 1. The Balaban J connectivity index is 1.62. The Kier molecular flexibility index (Phi) is 4.27. The van der Waals surface area contributed by atoms with E-state index in [1.165, 1.54) is 15.0 Å². The Bertz CT molecular complexity index is 604. The van der Waals surface area contributed by atoms with Crippen LogP contribution in [0, 0.1) is 0 Å². The van der Waals surface area contributed by atoms with Crippen LogP contribution in [0.4, 0.5) is 0 Å². The van der Waals surface area contributed by atoms with E-state index in [0.717, 1.165) is 25.9 Å². The van der Waals surface area contributed by atoms with Crippen molar-refractivity contribution in [2.75, 3.05) is 13.1 Å². The maximum Gasteiger partial charge on any atom is 0.222 e. The lowest BCUT2D eigenvalue weighted by molar-refractivity contribution is -0.127. The molecule has 112 valence electrons. The van der Waals surface area contributed by atoms with Crippen molar-refractivity contribution < 1.29 is 4.79 Å². The summed E-state index contributed by atoms with van der Waals surface area (Å²) in [6.45, 7) is 6.10. The normalized spacial score (nSPS) is 18.4. The van der Waals surface area contributed by atoms with Crippen molar-refractivity contribution in [3.63, 3.8) is 0 Å². The SMILES string of the molecule is CC(CN1CCCC1=O)NC(C)c1cc2ccccc2s1. The summed E-state index contributed by atoms with van der Waals surface area (Å²) in [7, 11) is 0. The molecule has 1 aromatic heterocycles. The molecule has 1 aliphatic heterocycles. The molecule has 2 atom stereocenters. The Labute approximate surface area is 130 Å². The molecule has 0 bridgehead atoms. The predicted octanol–water partition coefficient (Wildman–Crippen LogP) is 3.56. The van der Waals surface area contributed by atoms with Crippen LogP contribution < -0.4 is 5.32 Å². The summed E-state index contributed by atoms with van der Waals surface area (Å²) in [6.07, 6.45) is 1.73. The van der Waals surface area contributed by atoms with E-state index >= 15 is 0 Å². The summed E-state index contributed by atoms with van der Waals surface area (Å²) in [5.74, 6) is 0.304. The van der Waals surface area contributed by atoms with Gasteiger partial charge in [-0.1, -0.05) is 18.2 Å². The maximum atomic E-state index is 11.7. The van der Waals surface area contributed by atoms with Crippen molar-refractivity contribution in [2.45, 2.75) is 38.8 Å². The lowest BCUT2D eigenvalue weighted by atomic mass is 10.2. The van der Waals surface area contributed by atoms with Gasteiger partial charge in [-0.3, -0.25) is 4.79 Å². The van der Waals surface area contributed by atoms with Crippen LogP contribution in [0.1, 0.15) is 37.6 Å². The molecule has 1 amide bonds. The number of carbonyl (C=O) groups excluding carboxylic acids is 1. The fourth-order valence-corrected chi connectivity index (χ4v) is 4.08. The molecule has 1 aliphatic rings. The zero-order valence-corrected chi connectivity index (χ0v) is 13.5. The van der Waals surface area contributed by atoms with Crippen molar-refractivity contribution in [2.24, 2.45) is 0 Å². The van der Waals surface area contributed by atoms with Gasteiger partial charge in [0.15, 0.2) is 0 Å². The molecule has 2 aromatic rings. The minimum Gasteiger partial charge on any atom is -0.341 e. The van der Waals surface area contributed by atoms with E-state index in [1.807, 2.05) is 16.2 Å². The molecule has 0 radical (unpaired) electrons. The second kappa shape index (κ2) is 6.16. The maximum absolute atomic E-state index is 11.7. The van der Waals surface area contributed by atoms with Gasteiger partial charge in [0, 0.05) is 41.2 Å². The summed E-state index contributed by atoms with van der Waals surface area (Å²) in [6, 6.07) is 11.4. The second-order valence-corrected chi connectivity index (χ2v) is 7.03. The fourth-order valence-electron chi connectivity index (χ4n) is 3.01. The molecule has 0 spiro atoms. The number of hydrogen-bond acceptors (Lipinski definition) is 3. The molecule has 1 saturated heterocycles. The van der Waals surface area contributed by atoms with Gasteiger partial charge in [0.05, 0.1) is 0 Å². The Morgan fingerprint density at radius 2 is 2.14 bits per heavy atom. The van der Waals surface area contributed by atoms with Gasteiger partial charge in [-0.25, -0.2) is 0 Å². The van der Waals surface area contributed by atoms with Gasteiger partial charge >= 0.3 is 0 Å². The molecule has 21 heavy (non-hydrogen) atoms. The molecule has 2 unspecified atom stereocenters. The molecular formula is C17H22N2OS. The highest BCUT2D eigenvalue weighted by Gasteiger charge is 2.22. The first-order valence-electron chi connectivity index (χ1n) is 7.66. The molecule has 1 fully saturated rings. The van der Waals surface area contributed by atoms with Crippen LogP contribution >= 0.6 is 11.3 Å². The van der Waals surface area contributed by atoms with Crippen LogP contribution in [-0.2, 0) is 4.79 Å². The monoisotopic (exact) mass is 302 g/mol. The van der Waals surface area contributed by atoms with Gasteiger partial charge < -0.3 is 10.2 Å². The largest absolute Gasteiger partial charge is 0.341 e. The topological polar surface area (TPSA) is 32.3 Å². The number of likely N-dealkylation sites (tertiary alicyclic amines) is 1. The Morgan fingerprint density at radius 3 is 2.86 bits per heavy atom. The van der Waals surface area contributed by atoms with E-state index in [1.54, 1.807) is 0 Å². The first-order chi connectivity index (χ1) is 10.1. The third-order valence-electron chi connectivity index (χ3n) is 4.07. The smallest absolute Gasteiger partial charge is 0.222 e. The van der Waals surface area contributed by atoms with Gasteiger partial charge in [0.1, 0.15) is 0 Å². The van der Waals surface area contributed by atoms with Crippen molar-refractivity contribution in [1.29, 1.82) is 0 Å². The quantitative estimate of drug-likeness (QED) is 0.916. The molecule has 3 rings (SSSR count). The van der Waals surface area contributed by atoms with Crippen molar-refractivity contribution >= 4 is 27.3 Å². The average molecular weight is 302 g/mol. The van der Waals surface area contributed by atoms with Crippen LogP contribution in [0.3, 0.4) is 0 Å². The van der Waals surface area contributed by atoms with Crippen LogP contribution in [0.25, 0.3) is 10.1 Å². The van der Waals surface area contributed by atoms with Crippen molar-refractivity contribution in [3.05, 3.63) is 35.2 Å². The molecule has 0 aliphatic carbocycles. The lowest BCUT2D eigenvalue weighted by Crippen LogP contribution is -2.40. The van der Waals surface area contributed by atoms with Crippen LogP contribution in [-0.4, -0.2) is 29.9 Å². The molecule has 1 aromatic carbocycles. The summed E-state index contributed by atoms with van der Waals surface area (Å²) < 4.78 is 1.34. The van der Waals surface area contributed by atoms with E-state index < -0.39 is 0 Å². The molecule has 2 heterocycles. The lowest BCUT2D eigenvalue weighted by Gasteiger charge is -2.24. The highest BCUT2D eigenvalue weighted by molar-refractivity contribution is 7.19. The molecule has 1 N–H and O–H groups in total. The van der Waals surface area contributed by atoms with Gasteiger partial charge in [-0.15, -0.1) is 11.3 Å². The first-order valence-corrected chi connectivity index (χ1v) is 8.47. The van der Waals surface area contributed by atoms with E-state index in [4.69, 9.17) is 0 Å². The van der Waals surface area contributed by atoms with Crippen molar-refractivity contribution in [3.8, 4) is 0 Å². The van der Waals surface area contributed by atoms with E-state index in [-0.39, 0.29) is 0 Å². The number of nitrogens with one attached hydrogen (secondary N) is 1. The number of carbonyl (C=O) groups is 1. The number of nitrogens with zero attached hydrogens (tertiary/aromatic N) is 1. The van der Waals surface area contributed by atoms with Gasteiger partial charge in [-0.05, 0) is 37.8 Å². The zero-order chi connectivity index (χ0) is 14.8. The van der Waals surface area contributed by atoms with Gasteiger partial charge in [-0.2, -0.15) is 0 Å². The Hall–Kier alpha value is -1.39. The van der Waals surface area contributed by atoms with E-state index in [9.17, 15) is 4.79 Å². The summed E-state index contributed by atoms with van der Waals surface area (Å²) in [5, 5.41) is 4.93. The predicted molar refractivity (Wildman–Crippen MR) is 88.7 cm³/mol. The van der Waals surface area contributed by atoms with Gasteiger partial charge in [0.25, 0.3) is 0 Å². The first kappa shape index (κ1) is 14.5. The standard InChI is InChI=1S/C17H22N2OS/c1-12(11-19-9-5-8-17(19)20)18-13(2)16-10-14-6-3-4-7-15(14)21-16/h3-4,6-7,10,12-13,18H,5,8-9,11H2,1-2H3. The number of benzene rings is 1. The number of rotatable bonds is 5. The third-order valence-corrected chi connectivity index (χ3v) is 5.37. The average Bonchev–Trinajstić information content (AvgIpc) is 3.05. The molecular weight excluding hydrogens is 280 g/mol. The van der Waals surface area contributed by atoms with Crippen LogP contribution in [0.2, 0.25) is 0 Å². The summed E-state index contributed by atoms with van der Waals surface area (Å²) >= 11 is 1.85. The van der Waals surface area contributed by atoms with E-state index in [0.29, 0.717) is 18.0 Å². The molecule has 3 nitrogen and oxygen atoms in total. The van der Waals surface area contributed by atoms with Crippen LogP contribution in [0.15, 0.2) is 30.3 Å². The minimum atomic E-state index is 0.304. The number of fused-ring (bicyclic) bond motifs is 1. The minimum absolute atomic E-state index is 0.304. The second-order valence-electron chi connectivity index (χ2n) is 5.92. The fraction of sp³-hybridized carbons (Fsp3) is 0.471. The summed E-state index contributed by atoms with van der Waals surface area (Å²) in [4.78, 5) is 15.0. The number of thiophene rings is 1. The number of amides is 1. The van der Waals surface area contributed by atoms with Crippen molar-refractivity contribution in [1.82, 2.24) is 10.2 Å². The van der Waals surface area contributed by atoms with Gasteiger partial charge in [0.2, 0.25) is 5.91 Å². The highest BCUT2D eigenvalue weighted by atomic mass is 32.1. The summed E-state index contributed by atoms with van der Waals surface area (Å²) in [5.41, 5.74) is 0.